The van der Waals surface area contributed by atoms with Gasteiger partial charge in [-0.15, -0.1) is 0 Å². The highest BCUT2D eigenvalue weighted by Gasteiger charge is 2.12. The number of carbonyl (C=O) groups is 1. The second-order valence-electron chi connectivity index (χ2n) is 2.76. The maximum absolute atomic E-state index is 10.5. The molecular weight excluding hydrogens is 170 g/mol. The summed E-state index contributed by atoms with van der Waals surface area (Å²) in [4.78, 5) is 20.3. The van der Waals surface area contributed by atoms with Gasteiger partial charge < -0.3 is 4.79 Å². The van der Waals surface area contributed by atoms with Crippen molar-refractivity contribution < 1.29 is 9.72 Å². The predicted molar refractivity (Wildman–Crippen MR) is 47.6 cm³/mol. The van der Waals surface area contributed by atoms with Crippen LogP contribution in [-0.2, 0) is 11.2 Å². The maximum atomic E-state index is 10.5. The van der Waals surface area contributed by atoms with Crippen LogP contribution in [0.1, 0.15) is 11.1 Å². The number of nitro benzene ring substituents is 1. The first-order valence-electron chi connectivity index (χ1n) is 3.82. The van der Waals surface area contributed by atoms with Crippen LogP contribution < -0.4 is 0 Å². The van der Waals surface area contributed by atoms with Crippen molar-refractivity contribution in [2.45, 2.75) is 13.3 Å². The van der Waals surface area contributed by atoms with E-state index in [0.29, 0.717) is 11.8 Å². The van der Waals surface area contributed by atoms with E-state index in [0.717, 1.165) is 5.56 Å². The van der Waals surface area contributed by atoms with E-state index in [9.17, 15) is 14.9 Å². The van der Waals surface area contributed by atoms with Crippen molar-refractivity contribution in [2.24, 2.45) is 0 Å². The minimum atomic E-state index is -0.466. The van der Waals surface area contributed by atoms with Crippen molar-refractivity contribution in [3.05, 3.63) is 39.4 Å². The number of nitrogens with zero attached hydrogens (tertiary/aromatic N) is 1. The van der Waals surface area contributed by atoms with Gasteiger partial charge in [0, 0.05) is 18.1 Å². The molecule has 4 nitrogen and oxygen atoms in total. The van der Waals surface area contributed by atoms with Crippen molar-refractivity contribution in [1.82, 2.24) is 0 Å². The smallest absolute Gasteiger partial charge is 0.273 e. The molecule has 0 aliphatic heterocycles. The minimum absolute atomic E-state index is 0.0205. The maximum Gasteiger partial charge on any atom is 0.273 e. The molecule has 0 spiro atoms. The molecule has 0 aromatic heterocycles. The molecule has 0 amide bonds. The number of rotatable bonds is 3. The summed E-state index contributed by atoms with van der Waals surface area (Å²) >= 11 is 0. The Morgan fingerprint density at radius 2 is 2.23 bits per heavy atom. The molecule has 0 unspecified atom stereocenters. The fourth-order valence-corrected chi connectivity index (χ4v) is 1.11. The Labute approximate surface area is 75.3 Å². The fourth-order valence-electron chi connectivity index (χ4n) is 1.11. The molecule has 0 radical (unpaired) electrons. The lowest BCUT2D eigenvalue weighted by Gasteiger charge is -1.99. The third-order valence-electron chi connectivity index (χ3n) is 1.74. The van der Waals surface area contributed by atoms with Gasteiger partial charge in [0.05, 0.1) is 4.92 Å². The fraction of sp³-hybridized carbons (Fsp3) is 0.222. The highest BCUT2D eigenvalue weighted by atomic mass is 16.6. The van der Waals surface area contributed by atoms with Crippen molar-refractivity contribution in [1.29, 1.82) is 0 Å². The van der Waals surface area contributed by atoms with E-state index in [1.807, 2.05) is 0 Å². The summed E-state index contributed by atoms with van der Waals surface area (Å²) in [6.45, 7) is 1.78. The number of hydrogen-bond donors (Lipinski definition) is 0. The second kappa shape index (κ2) is 3.80. The van der Waals surface area contributed by atoms with E-state index >= 15 is 0 Å². The second-order valence-corrected chi connectivity index (χ2v) is 2.76. The van der Waals surface area contributed by atoms with Gasteiger partial charge in [-0.1, -0.05) is 12.1 Å². The standard InChI is InChI=1S/C9H9NO3/c1-7-2-3-8(4-5-11)9(6-7)10(12)13/h2-3,5-6H,4H2,1H3. The highest BCUT2D eigenvalue weighted by Crippen LogP contribution is 2.19. The first-order valence-corrected chi connectivity index (χ1v) is 3.82. The molecule has 0 bridgehead atoms. The third-order valence-corrected chi connectivity index (χ3v) is 1.74. The molecule has 0 fully saturated rings. The Morgan fingerprint density at radius 1 is 1.54 bits per heavy atom. The summed E-state index contributed by atoms with van der Waals surface area (Å²) in [6.07, 6.45) is 0.758. The molecule has 0 saturated carbocycles. The summed E-state index contributed by atoms with van der Waals surface area (Å²) < 4.78 is 0. The van der Waals surface area contributed by atoms with Crippen molar-refractivity contribution >= 4 is 12.0 Å². The lowest BCUT2D eigenvalue weighted by atomic mass is 10.1. The number of nitro groups is 1. The van der Waals surface area contributed by atoms with Crippen molar-refractivity contribution in [2.75, 3.05) is 0 Å². The SMILES string of the molecule is Cc1ccc(CC=O)c([N+](=O)[O-])c1. The zero-order valence-corrected chi connectivity index (χ0v) is 7.19. The predicted octanol–water partition coefficient (Wildman–Crippen LogP) is 1.64. The van der Waals surface area contributed by atoms with Gasteiger partial charge in [0.2, 0.25) is 0 Å². The van der Waals surface area contributed by atoms with E-state index in [-0.39, 0.29) is 12.1 Å². The normalized spacial score (nSPS) is 9.62. The zero-order valence-electron chi connectivity index (χ0n) is 7.19. The first-order chi connectivity index (χ1) is 6.15. The topological polar surface area (TPSA) is 60.2 Å². The molecule has 0 N–H and O–H groups in total. The van der Waals surface area contributed by atoms with E-state index < -0.39 is 4.92 Å². The van der Waals surface area contributed by atoms with E-state index in [2.05, 4.69) is 0 Å². The summed E-state index contributed by atoms with van der Waals surface area (Å²) in [7, 11) is 0. The average molecular weight is 179 g/mol. The summed E-state index contributed by atoms with van der Waals surface area (Å²) in [5, 5.41) is 10.5. The van der Waals surface area contributed by atoms with Gasteiger partial charge in [-0.25, -0.2) is 0 Å². The Kier molecular flexibility index (Phi) is 2.74. The molecule has 0 aliphatic carbocycles. The van der Waals surface area contributed by atoms with Gasteiger partial charge in [0.25, 0.3) is 5.69 Å². The van der Waals surface area contributed by atoms with Crippen LogP contribution in [0.5, 0.6) is 0 Å². The molecule has 1 aromatic carbocycles. The number of aldehydes is 1. The summed E-state index contributed by atoms with van der Waals surface area (Å²) in [6, 6.07) is 4.84. The molecule has 13 heavy (non-hydrogen) atoms. The summed E-state index contributed by atoms with van der Waals surface area (Å²) in [5.41, 5.74) is 1.30. The Morgan fingerprint density at radius 3 is 2.77 bits per heavy atom. The lowest BCUT2D eigenvalue weighted by molar-refractivity contribution is -0.385. The molecule has 0 heterocycles. The van der Waals surface area contributed by atoms with Crippen LogP contribution in [0.4, 0.5) is 5.69 Å². The van der Waals surface area contributed by atoms with E-state index in [1.54, 1.807) is 19.1 Å². The number of hydrogen-bond acceptors (Lipinski definition) is 3. The van der Waals surface area contributed by atoms with E-state index in [4.69, 9.17) is 0 Å². The lowest BCUT2D eigenvalue weighted by Crippen LogP contribution is -1.96. The van der Waals surface area contributed by atoms with Gasteiger partial charge in [-0.2, -0.15) is 0 Å². The van der Waals surface area contributed by atoms with E-state index in [1.165, 1.54) is 6.07 Å². The van der Waals surface area contributed by atoms with Crippen LogP contribution in [0.2, 0.25) is 0 Å². The zero-order chi connectivity index (χ0) is 9.84. The molecule has 1 aromatic rings. The van der Waals surface area contributed by atoms with Crippen molar-refractivity contribution in [3.63, 3.8) is 0 Å². The molecule has 0 saturated heterocycles. The number of aryl methyl sites for hydroxylation is 1. The Bertz CT molecular complexity index is 347. The molecule has 1 rings (SSSR count). The first kappa shape index (κ1) is 9.38. The van der Waals surface area contributed by atoms with Crippen molar-refractivity contribution in [3.8, 4) is 0 Å². The Balaban J connectivity index is 3.17. The third kappa shape index (κ3) is 2.11. The summed E-state index contributed by atoms with van der Waals surface area (Å²) in [5.74, 6) is 0. The molecule has 68 valence electrons. The van der Waals surface area contributed by atoms with Crippen LogP contribution in [-0.4, -0.2) is 11.2 Å². The largest absolute Gasteiger partial charge is 0.303 e. The minimum Gasteiger partial charge on any atom is -0.303 e. The highest BCUT2D eigenvalue weighted by molar-refractivity contribution is 5.59. The van der Waals surface area contributed by atoms with Crippen LogP contribution in [0.25, 0.3) is 0 Å². The average Bonchev–Trinajstić information content (AvgIpc) is 2.08. The van der Waals surface area contributed by atoms with Gasteiger partial charge >= 0.3 is 0 Å². The van der Waals surface area contributed by atoms with Crippen LogP contribution in [0, 0.1) is 17.0 Å². The van der Waals surface area contributed by atoms with Crippen LogP contribution in [0.15, 0.2) is 18.2 Å². The molecule has 4 heteroatoms. The monoisotopic (exact) mass is 179 g/mol. The molecule has 0 aliphatic rings. The van der Waals surface area contributed by atoms with Gasteiger partial charge in [-0.3, -0.25) is 10.1 Å². The van der Waals surface area contributed by atoms with Gasteiger partial charge in [0.1, 0.15) is 6.29 Å². The Hall–Kier alpha value is -1.71. The van der Waals surface area contributed by atoms with Crippen LogP contribution in [0.3, 0.4) is 0 Å². The number of carbonyl (C=O) groups excluding carboxylic acids is 1. The van der Waals surface area contributed by atoms with Gasteiger partial charge in [-0.05, 0) is 12.5 Å². The van der Waals surface area contributed by atoms with Crippen LogP contribution >= 0.6 is 0 Å². The number of benzene rings is 1. The quantitative estimate of drug-likeness (QED) is 0.402. The molecule has 0 atom stereocenters. The van der Waals surface area contributed by atoms with Gasteiger partial charge in [0.15, 0.2) is 0 Å². The molecular formula is C9H9NO3.